The number of imide groups is 1. The normalized spacial score (nSPS) is 20.7. The van der Waals surface area contributed by atoms with Crippen molar-refractivity contribution in [1.29, 1.82) is 0 Å². The van der Waals surface area contributed by atoms with E-state index < -0.39 is 23.9 Å². The van der Waals surface area contributed by atoms with Gasteiger partial charge >= 0.3 is 6.18 Å². The first-order chi connectivity index (χ1) is 18.7. The molecular formula is C27H29F3N4O4S. The molecule has 1 unspecified atom stereocenters. The highest BCUT2D eigenvalue weighted by Crippen LogP contribution is 2.34. The van der Waals surface area contributed by atoms with E-state index in [0.29, 0.717) is 50.5 Å². The molecule has 8 nitrogen and oxygen atoms in total. The Bertz CT molecular complexity index is 1230. The molecule has 0 radical (unpaired) electrons. The number of amides is 3. The minimum Gasteiger partial charge on any atom is -0.489 e. The second-order valence-corrected chi connectivity index (χ2v) is 10.9. The Balaban J connectivity index is 1.13. The van der Waals surface area contributed by atoms with Gasteiger partial charge in [-0.25, -0.2) is 4.31 Å². The van der Waals surface area contributed by atoms with Crippen LogP contribution in [0.5, 0.6) is 5.75 Å². The third-order valence-corrected chi connectivity index (χ3v) is 8.29. The Morgan fingerprint density at radius 1 is 0.974 bits per heavy atom. The fourth-order valence-electron chi connectivity index (χ4n) is 5.03. The van der Waals surface area contributed by atoms with E-state index in [4.69, 9.17) is 4.74 Å². The molecule has 3 heterocycles. The number of carbonyl (C=O) groups is 3. The summed E-state index contributed by atoms with van der Waals surface area (Å²) in [5.74, 6) is -1.28. The number of piperazine rings is 1. The fourth-order valence-corrected chi connectivity index (χ4v) is 5.78. The molecule has 2 fully saturated rings. The monoisotopic (exact) mass is 562 g/mol. The molecule has 0 spiro atoms. The number of carbonyl (C=O) groups excluding carboxylic acids is 3. The summed E-state index contributed by atoms with van der Waals surface area (Å²) in [4.78, 5) is 40.5. The molecule has 12 heteroatoms. The zero-order valence-electron chi connectivity index (χ0n) is 21.2. The molecule has 3 amide bonds. The van der Waals surface area contributed by atoms with Gasteiger partial charge in [-0.15, -0.1) is 0 Å². The van der Waals surface area contributed by atoms with Gasteiger partial charge in [-0.1, -0.05) is 42.3 Å². The van der Waals surface area contributed by atoms with Crippen LogP contribution < -0.4 is 10.1 Å². The smallest absolute Gasteiger partial charge is 0.399 e. The van der Waals surface area contributed by atoms with Crippen molar-refractivity contribution >= 4 is 29.7 Å². The van der Waals surface area contributed by atoms with Crippen LogP contribution in [0.3, 0.4) is 0 Å². The number of hydrogen-bond acceptors (Lipinski definition) is 7. The van der Waals surface area contributed by atoms with Crippen LogP contribution in [-0.2, 0) is 29.3 Å². The van der Waals surface area contributed by atoms with Crippen LogP contribution in [0.25, 0.3) is 0 Å². The van der Waals surface area contributed by atoms with Gasteiger partial charge in [-0.3, -0.25) is 24.6 Å². The molecule has 0 aliphatic carbocycles. The first kappa shape index (κ1) is 27.5. The van der Waals surface area contributed by atoms with Crippen molar-refractivity contribution in [3.05, 3.63) is 64.7 Å². The lowest BCUT2D eigenvalue weighted by molar-refractivity contribution is -0.137. The largest absolute Gasteiger partial charge is 0.489 e. The highest BCUT2D eigenvalue weighted by Gasteiger charge is 2.40. The lowest BCUT2D eigenvalue weighted by Crippen LogP contribution is -2.52. The summed E-state index contributed by atoms with van der Waals surface area (Å²) in [6.07, 6.45) is -3.64. The molecular weight excluding hydrogens is 533 g/mol. The lowest BCUT2D eigenvalue weighted by Gasteiger charge is -2.34. The van der Waals surface area contributed by atoms with Crippen molar-refractivity contribution in [1.82, 2.24) is 19.4 Å². The van der Waals surface area contributed by atoms with E-state index in [1.807, 2.05) is 24.3 Å². The van der Waals surface area contributed by atoms with E-state index in [1.165, 1.54) is 4.90 Å². The van der Waals surface area contributed by atoms with Gasteiger partial charge in [-0.2, -0.15) is 13.2 Å². The SMILES string of the molecule is O=C1CCC(N2Cc3c(OCc4ccc(CN5CCN(SCC(F)(F)F)CC5)cc4)cccc3C2=O)C(=O)N1. The second kappa shape index (κ2) is 11.6. The molecule has 0 aromatic heterocycles. The molecule has 208 valence electrons. The summed E-state index contributed by atoms with van der Waals surface area (Å²) in [5.41, 5.74) is 3.30. The number of fused-ring (bicyclic) bond motifs is 1. The summed E-state index contributed by atoms with van der Waals surface area (Å²) >= 11 is 0.850. The number of halogens is 3. The van der Waals surface area contributed by atoms with Gasteiger partial charge in [-0.05, 0) is 29.7 Å². The van der Waals surface area contributed by atoms with Crippen LogP contribution in [0.1, 0.15) is 39.9 Å². The average molecular weight is 563 g/mol. The van der Waals surface area contributed by atoms with Gasteiger partial charge in [0.2, 0.25) is 11.8 Å². The summed E-state index contributed by atoms with van der Waals surface area (Å²) < 4.78 is 45.2. The van der Waals surface area contributed by atoms with E-state index in [0.717, 1.165) is 35.2 Å². The second-order valence-electron chi connectivity index (χ2n) is 9.88. The van der Waals surface area contributed by atoms with Crippen LogP contribution >= 0.6 is 11.9 Å². The molecule has 0 bridgehead atoms. The maximum Gasteiger partial charge on any atom is 0.399 e. The maximum atomic E-state index is 13.0. The first-order valence-electron chi connectivity index (χ1n) is 12.8. The van der Waals surface area contributed by atoms with Crippen LogP contribution in [0, 0.1) is 0 Å². The molecule has 5 rings (SSSR count). The number of alkyl halides is 3. The van der Waals surface area contributed by atoms with E-state index in [9.17, 15) is 27.6 Å². The van der Waals surface area contributed by atoms with Crippen molar-refractivity contribution in [2.75, 3.05) is 31.9 Å². The molecule has 3 aliphatic heterocycles. The van der Waals surface area contributed by atoms with E-state index in [2.05, 4.69) is 10.2 Å². The number of benzene rings is 2. The molecule has 2 saturated heterocycles. The van der Waals surface area contributed by atoms with Crippen molar-refractivity contribution in [2.45, 2.75) is 44.8 Å². The molecule has 3 aliphatic rings. The van der Waals surface area contributed by atoms with Crippen molar-refractivity contribution in [3.63, 3.8) is 0 Å². The average Bonchev–Trinajstić information content (AvgIpc) is 3.24. The van der Waals surface area contributed by atoms with Gasteiger partial charge in [0, 0.05) is 50.3 Å². The van der Waals surface area contributed by atoms with Gasteiger partial charge < -0.3 is 9.64 Å². The Hall–Kier alpha value is -3.09. The van der Waals surface area contributed by atoms with E-state index >= 15 is 0 Å². The highest BCUT2D eigenvalue weighted by molar-refractivity contribution is 7.97. The lowest BCUT2D eigenvalue weighted by atomic mass is 10.0. The summed E-state index contributed by atoms with van der Waals surface area (Å²) in [6.45, 7) is 3.89. The van der Waals surface area contributed by atoms with Gasteiger partial charge in [0.1, 0.15) is 24.2 Å². The molecule has 2 aromatic carbocycles. The number of ether oxygens (including phenoxy) is 1. The van der Waals surface area contributed by atoms with Gasteiger partial charge in [0.15, 0.2) is 0 Å². The number of piperidine rings is 1. The third kappa shape index (κ3) is 6.74. The Labute approximate surface area is 228 Å². The summed E-state index contributed by atoms with van der Waals surface area (Å²) in [6, 6.07) is 12.6. The minimum absolute atomic E-state index is 0.202. The molecule has 1 N–H and O–H groups in total. The van der Waals surface area contributed by atoms with E-state index in [-0.39, 0.29) is 24.8 Å². The predicted molar refractivity (Wildman–Crippen MR) is 139 cm³/mol. The van der Waals surface area contributed by atoms with Crippen LogP contribution in [0.4, 0.5) is 13.2 Å². The number of nitrogens with zero attached hydrogens (tertiary/aromatic N) is 3. The third-order valence-electron chi connectivity index (χ3n) is 7.10. The zero-order valence-corrected chi connectivity index (χ0v) is 22.0. The summed E-state index contributed by atoms with van der Waals surface area (Å²) in [5, 5.41) is 2.31. The van der Waals surface area contributed by atoms with Crippen molar-refractivity contribution in [2.24, 2.45) is 0 Å². The standard InChI is InChI=1S/C27H29F3N4O4S/c28-27(29,30)17-39-33-12-10-32(11-13-33)14-18-4-6-19(7-5-18)16-38-23-3-1-2-20-21(23)15-34(26(20)37)22-8-9-24(35)31-25(22)36/h1-7,22H,8-17H2,(H,31,35,36). The molecule has 1 atom stereocenters. The Morgan fingerprint density at radius 3 is 2.38 bits per heavy atom. The van der Waals surface area contributed by atoms with Crippen LogP contribution in [0.15, 0.2) is 42.5 Å². The molecule has 0 saturated carbocycles. The van der Waals surface area contributed by atoms with Gasteiger partial charge in [0.25, 0.3) is 5.91 Å². The fraction of sp³-hybridized carbons (Fsp3) is 0.444. The van der Waals surface area contributed by atoms with Crippen molar-refractivity contribution in [3.8, 4) is 5.75 Å². The highest BCUT2D eigenvalue weighted by atomic mass is 32.2. The van der Waals surface area contributed by atoms with Crippen molar-refractivity contribution < 1.29 is 32.3 Å². The van der Waals surface area contributed by atoms with Crippen LogP contribution in [0.2, 0.25) is 0 Å². The quantitative estimate of drug-likeness (QED) is 0.391. The maximum absolute atomic E-state index is 13.0. The van der Waals surface area contributed by atoms with Crippen LogP contribution in [-0.4, -0.2) is 76.0 Å². The minimum atomic E-state index is -4.15. The number of rotatable bonds is 8. The first-order valence-corrected chi connectivity index (χ1v) is 13.7. The predicted octanol–water partition coefficient (Wildman–Crippen LogP) is 3.35. The topological polar surface area (TPSA) is 82.2 Å². The van der Waals surface area contributed by atoms with Gasteiger partial charge in [0.05, 0.1) is 6.54 Å². The number of nitrogens with one attached hydrogen (secondary N) is 1. The van der Waals surface area contributed by atoms with E-state index in [1.54, 1.807) is 22.5 Å². The molecule has 39 heavy (non-hydrogen) atoms. The zero-order chi connectivity index (χ0) is 27.6. The summed E-state index contributed by atoms with van der Waals surface area (Å²) in [7, 11) is 0. The Kier molecular flexibility index (Phi) is 8.15. The molecule has 2 aromatic rings. The Morgan fingerprint density at radius 2 is 1.69 bits per heavy atom. The number of hydrogen-bond donors (Lipinski definition) is 1.